The molecule has 78 valence electrons. The summed E-state index contributed by atoms with van der Waals surface area (Å²) < 4.78 is 5.08. The molecular formula is C9H7Cl2N3O. The Morgan fingerprint density at radius 1 is 1.20 bits per heavy atom. The fraction of sp³-hybridized carbons (Fsp3) is 0.111. The maximum Gasteiger partial charge on any atom is 0.221 e. The molecule has 0 aromatic heterocycles. The van der Waals surface area contributed by atoms with Crippen molar-refractivity contribution >= 4 is 29.2 Å². The van der Waals surface area contributed by atoms with Crippen molar-refractivity contribution in [3.05, 3.63) is 22.2 Å². The average Bonchev–Trinajstić information content (AvgIpc) is 2.50. The largest absolute Gasteiger partial charge is 0.495 e. The zero-order chi connectivity index (χ0) is 11.0. The predicted octanol–water partition coefficient (Wildman–Crippen LogP) is 2.48. The molecule has 1 aliphatic carbocycles. The molecule has 15 heavy (non-hydrogen) atoms. The molecule has 0 saturated heterocycles. The van der Waals surface area contributed by atoms with Crippen LogP contribution in [0.25, 0.3) is 11.4 Å². The molecule has 0 aromatic rings. The Morgan fingerprint density at radius 2 is 1.93 bits per heavy atom. The van der Waals surface area contributed by atoms with Crippen LogP contribution < -0.4 is 10.5 Å². The summed E-state index contributed by atoms with van der Waals surface area (Å²) in [5.74, 6) is 0.657. The number of hydrogen-bond acceptors (Lipinski definition) is 4. The Balaban J connectivity index is 2.78. The Kier molecular flexibility index (Phi) is 2.54. The number of ether oxygens (including phenoxy) is 1. The molecule has 0 amide bonds. The molecule has 0 fully saturated rings. The van der Waals surface area contributed by atoms with Crippen LogP contribution in [0.5, 0.6) is 5.75 Å². The van der Waals surface area contributed by atoms with Gasteiger partial charge in [0.2, 0.25) is 5.95 Å². The third kappa shape index (κ3) is 1.78. The first-order valence-electron chi connectivity index (χ1n) is 4.08. The number of nitrogen functional groups attached to an aromatic ring is 1. The lowest BCUT2D eigenvalue weighted by Gasteiger charge is -1.96. The molecular weight excluding hydrogens is 237 g/mol. The highest BCUT2D eigenvalue weighted by molar-refractivity contribution is 6.36. The van der Waals surface area contributed by atoms with E-state index in [0.29, 0.717) is 27.2 Å². The van der Waals surface area contributed by atoms with E-state index < -0.39 is 0 Å². The van der Waals surface area contributed by atoms with Gasteiger partial charge in [0.25, 0.3) is 0 Å². The van der Waals surface area contributed by atoms with Crippen LogP contribution in [0.1, 0.15) is 0 Å². The first-order valence-corrected chi connectivity index (χ1v) is 4.83. The lowest BCUT2D eigenvalue weighted by Crippen LogP contribution is -1.84. The highest BCUT2D eigenvalue weighted by Crippen LogP contribution is 2.34. The molecule has 0 atom stereocenters. The Hall–Kier alpha value is -1.26. The third-order valence-electron chi connectivity index (χ3n) is 1.91. The molecule has 2 rings (SSSR count). The highest BCUT2D eigenvalue weighted by atomic mass is 35.5. The molecule has 0 unspecified atom stereocenters. The summed E-state index contributed by atoms with van der Waals surface area (Å²) in [7, 11) is 1.51. The Labute approximate surface area is 96.3 Å². The number of nitrogens with zero attached hydrogens (tertiary/aromatic N) is 2. The van der Waals surface area contributed by atoms with Gasteiger partial charge < -0.3 is 10.5 Å². The summed E-state index contributed by atoms with van der Waals surface area (Å²) in [6.45, 7) is 0. The lowest BCUT2D eigenvalue weighted by atomic mass is 10.3. The molecule has 1 heterocycles. The maximum atomic E-state index is 5.99. The quantitative estimate of drug-likeness (QED) is 0.836. The standard InChI is InChI=1S/C9H7Cl2N3O/c1-15-7-3-6-8(14-9(12)13-6)5(11)2-4(7)10/h2-3H,1H3,(H2,12,13,14). The van der Waals surface area contributed by atoms with Crippen LogP contribution in [-0.4, -0.2) is 17.1 Å². The van der Waals surface area contributed by atoms with Crippen molar-refractivity contribution in [2.45, 2.75) is 0 Å². The zero-order valence-electron chi connectivity index (χ0n) is 7.79. The van der Waals surface area contributed by atoms with E-state index in [4.69, 9.17) is 33.7 Å². The highest BCUT2D eigenvalue weighted by Gasteiger charge is 2.14. The predicted molar refractivity (Wildman–Crippen MR) is 59.6 cm³/mol. The van der Waals surface area contributed by atoms with Crippen LogP contribution in [0.3, 0.4) is 0 Å². The summed E-state index contributed by atoms with van der Waals surface area (Å²) >= 11 is 11.9. The third-order valence-corrected chi connectivity index (χ3v) is 2.49. The number of imidazole rings is 1. The molecule has 0 saturated carbocycles. The van der Waals surface area contributed by atoms with Crippen molar-refractivity contribution in [1.82, 2.24) is 9.97 Å². The fourth-order valence-electron chi connectivity index (χ4n) is 1.25. The van der Waals surface area contributed by atoms with Gasteiger partial charge in [-0.15, -0.1) is 0 Å². The van der Waals surface area contributed by atoms with Gasteiger partial charge in [-0.3, -0.25) is 0 Å². The van der Waals surface area contributed by atoms with Gasteiger partial charge in [-0.25, -0.2) is 9.97 Å². The topological polar surface area (TPSA) is 61.0 Å². The van der Waals surface area contributed by atoms with E-state index >= 15 is 0 Å². The van der Waals surface area contributed by atoms with E-state index in [0.717, 1.165) is 0 Å². The van der Waals surface area contributed by atoms with E-state index in [2.05, 4.69) is 9.97 Å². The van der Waals surface area contributed by atoms with Gasteiger partial charge >= 0.3 is 0 Å². The van der Waals surface area contributed by atoms with Crippen LogP contribution in [0.15, 0.2) is 12.1 Å². The molecule has 0 spiro atoms. The van der Waals surface area contributed by atoms with Crippen molar-refractivity contribution < 1.29 is 4.74 Å². The number of methoxy groups -OCH3 is 1. The second-order valence-corrected chi connectivity index (χ2v) is 3.68. The second-order valence-electron chi connectivity index (χ2n) is 2.87. The fourth-order valence-corrected chi connectivity index (χ4v) is 1.79. The molecule has 6 heteroatoms. The van der Waals surface area contributed by atoms with Gasteiger partial charge in [-0.1, -0.05) is 23.2 Å². The van der Waals surface area contributed by atoms with Crippen molar-refractivity contribution in [3.63, 3.8) is 0 Å². The van der Waals surface area contributed by atoms with Gasteiger partial charge in [0, 0.05) is 6.07 Å². The van der Waals surface area contributed by atoms with Crippen LogP contribution in [-0.2, 0) is 0 Å². The molecule has 2 aliphatic rings. The molecule has 4 nitrogen and oxygen atoms in total. The number of halogens is 2. The van der Waals surface area contributed by atoms with Gasteiger partial charge in [0.1, 0.15) is 11.4 Å². The van der Waals surface area contributed by atoms with Crippen LogP contribution >= 0.6 is 23.2 Å². The molecule has 2 N–H and O–H groups in total. The first kappa shape index (κ1) is 10.3. The van der Waals surface area contributed by atoms with E-state index in [-0.39, 0.29) is 5.95 Å². The number of anilines is 1. The minimum atomic E-state index is 0.177. The lowest BCUT2D eigenvalue weighted by molar-refractivity contribution is 0.415. The van der Waals surface area contributed by atoms with Crippen molar-refractivity contribution in [2.24, 2.45) is 0 Å². The molecule has 0 radical (unpaired) electrons. The Morgan fingerprint density at radius 3 is 2.60 bits per heavy atom. The van der Waals surface area contributed by atoms with E-state index in [1.54, 1.807) is 12.1 Å². The van der Waals surface area contributed by atoms with Crippen LogP contribution in [0, 0.1) is 0 Å². The zero-order valence-corrected chi connectivity index (χ0v) is 9.30. The molecule has 1 aliphatic heterocycles. The maximum absolute atomic E-state index is 5.99. The van der Waals surface area contributed by atoms with Gasteiger partial charge in [-0.2, -0.15) is 0 Å². The molecule has 0 bridgehead atoms. The van der Waals surface area contributed by atoms with Crippen molar-refractivity contribution in [2.75, 3.05) is 12.8 Å². The first-order chi connectivity index (χ1) is 7.11. The minimum Gasteiger partial charge on any atom is -0.495 e. The molecule has 0 aromatic carbocycles. The second kappa shape index (κ2) is 3.72. The minimum absolute atomic E-state index is 0.177. The monoisotopic (exact) mass is 243 g/mol. The van der Waals surface area contributed by atoms with E-state index in [9.17, 15) is 0 Å². The number of nitrogens with two attached hydrogens (primary N) is 1. The number of aromatic nitrogens is 2. The summed E-state index contributed by atoms with van der Waals surface area (Å²) in [4.78, 5) is 8.00. The van der Waals surface area contributed by atoms with Crippen molar-refractivity contribution in [1.29, 1.82) is 0 Å². The van der Waals surface area contributed by atoms with Crippen LogP contribution in [0.4, 0.5) is 5.95 Å². The van der Waals surface area contributed by atoms with Gasteiger partial charge in [0.05, 0.1) is 22.8 Å². The average molecular weight is 244 g/mol. The summed E-state index contributed by atoms with van der Waals surface area (Å²) in [5.41, 5.74) is 6.55. The summed E-state index contributed by atoms with van der Waals surface area (Å²) in [6, 6.07) is 3.20. The number of hydrogen-bond donors (Lipinski definition) is 1. The van der Waals surface area contributed by atoms with E-state index in [1.165, 1.54) is 7.11 Å². The SMILES string of the molecule is COc1cc2nc(N)nc-2c(Cl)cc1Cl. The van der Waals surface area contributed by atoms with Gasteiger partial charge in [-0.05, 0) is 6.07 Å². The van der Waals surface area contributed by atoms with Gasteiger partial charge in [0.15, 0.2) is 0 Å². The normalized spacial score (nSPS) is 10.6. The summed E-state index contributed by atoms with van der Waals surface area (Å²) in [5, 5.41) is 0.795. The van der Waals surface area contributed by atoms with Crippen LogP contribution in [0.2, 0.25) is 10.0 Å². The summed E-state index contributed by atoms with van der Waals surface area (Å²) in [6.07, 6.45) is 0. The van der Waals surface area contributed by atoms with E-state index in [1.807, 2.05) is 0 Å². The Bertz CT molecular complexity index is 490. The number of fused-ring (bicyclic) bond motifs is 1. The van der Waals surface area contributed by atoms with Crippen molar-refractivity contribution in [3.8, 4) is 17.1 Å². The number of rotatable bonds is 1. The smallest absolute Gasteiger partial charge is 0.221 e.